The minimum absolute atomic E-state index is 0.0742. The summed E-state index contributed by atoms with van der Waals surface area (Å²) < 4.78 is 28.3. The molecule has 0 aliphatic rings. The molecule has 0 fully saturated rings. The fourth-order valence-corrected chi connectivity index (χ4v) is 3.83. The van der Waals surface area contributed by atoms with Crippen LogP contribution in [-0.2, 0) is 13.8 Å². The summed E-state index contributed by atoms with van der Waals surface area (Å²) in [5.74, 6) is -0.390. The lowest BCUT2D eigenvalue weighted by Gasteiger charge is -2.18. The first-order valence-electron chi connectivity index (χ1n) is 5.86. The summed E-state index contributed by atoms with van der Waals surface area (Å²) in [5.41, 5.74) is 0.0742. The molecule has 1 amide bonds. The van der Waals surface area contributed by atoms with Gasteiger partial charge in [0.15, 0.2) is 0 Å². The molecule has 1 aromatic carbocycles. The third-order valence-electron chi connectivity index (χ3n) is 2.69. The van der Waals surface area contributed by atoms with E-state index in [4.69, 9.17) is 27.0 Å². The van der Waals surface area contributed by atoms with Crippen molar-refractivity contribution < 1.29 is 17.9 Å². The summed E-state index contributed by atoms with van der Waals surface area (Å²) in [4.78, 5) is 13.5. The lowest BCUT2D eigenvalue weighted by atomic mass is 10.2. The number of hydrogen-bond acceptors (Lipinski definition) is 4. The Kier molecular flexibility index (Phi) is 6.93. The van der Waals surface area contributed by atoms with Gasteiger partial charge in [-0.3, -0.25) is 4.79 Å². The van der Waals surface area contributed by atoms with E-state index in [2.05, 4.69) is 15.9 Å². The average molecular weight is 419 g/mol. The smallest absolute Gasteiger partial charge is 0.262 e. The van der Waals surface area contributed by atoms with Gasteiger partial charge in [-0.15, -0.1) is 0 Å². The molecule has 0 heterocycles. The van der Waals surface area contributed by atoms with Crippen molar-refractivity contribution in [1.29, 1.82) is 0 Å². The first-order chi connectivity index (χ1) is 9.68. The molecule has 0 saturated carbocycles. The normalized spacial score (nSPS) is 11.5. The van der Waals surface area contributed by atoms with Crippen LogP contribution in [0.5, 0.6) is 0 Å². The molecule has 0 saturated heterocycles. The Hall–Kier alpha value is -0.340. The molecule has 0 bridgehead atoms. The van der Waals surface area contributed by atoms with Crippen LogP contribution in [0.15, 0.2) is 21.5 Å². The highest BCUT2D eigenvalue weighted by Crippen LogP contribution is 2.32. The molecular weight excluding hydrogens is 405 g/mol. The Morgan fingerprint density at radius 1 is 1.43 bits per heavy atom. The first kappa shape index (κ1) is 18.7. The summed E-state index contributed by atoms with van der Waals surface area (Å²) in [5, 5.41) is -0.184. The van der Waals surface area contributed by atoms with Crippen LogP contribution < -0.4 is 0 Å². The minimum atomic E-state index is -4.04. The Bertz CT molecular complexity index is 636. The zero-order chi connectivity index (χ0) is 16.2. The van der Waals surface area contributed by atoms with Gasteiger partial charge in [0.25, 0.3) is 15.0 Å². The number of hydrogen-bond donors (Lipinski definition) is 0. The van der Waals surface area contributed by atoms with Crippen LogP contribution in [0.2, 0.25) is 5.02 Å². The van der Waals surface area contributed by atoms with Crippen LogP contribution in [0.3, 0.4) is 0 Å². The number of carbonyl (C=O) groups is 1. The molecule has 0 atom stereocenters. The van der Waals surface area contributed by atoms with Crippen molar-refractivity contribution in [3.05, 3.63) is 27.2 Å². The van der Waals surface area contributed by atoms with Crippen LogP contribution in [0.1, 0.15) is 16.8 Å². The van der Waals surface area contributed by atoms with E-state index in [-0.39, 0.29) is 21.4 Å². The van der Waals surface area contributed by atoms with Gasteiger partial charge in [-0.2, -0.15) is 0 Å². The summed E-state index contributed by atoms with van der Waals surface area (Å²) in [7, 11) is 4.46. The molecule has 0 N–H and O–H groups in total. The summed E-state index contributed by atoms with van der Waals surface area (Å²) >= 11 is 9.16. The van der Waals surface area contributed by atoms with E-state index < -0.39 is 9.05 Å². The number of carbonyl (C=O) groups excluding carboxylic acids is 1. The van der Waals surface area contributed by atoms with E-state index in [1.165, 1.54) is 17.0 Å². The maximum absolute atomic E-state index is 12.3. The topological polar surface area (TPSA) is 63.7 Å². The second-order valence-electron chi connectivity index (χ2n) is 4.28. The Labute approximate surface area is 141 Å². The molecular formula is C12H14BrCl2NO4S. The third-order valence-corrected chi connectivity index (χ3v) is 5.01. The molecule has 21 heavy (non-hydrogen) atoms. The highest BCUT2D eigenvalue weighted by Gasteiger charge is 2.23. The van der Waals surface area contributed by atoms with Crippen molar-refractivity contribution in [2.45, 2.75) is 11.3 Å². The van der Waals surface area contributed by atoms with Crippen LogP contribution in [0.25, 0.3) is 0 Å². The summed E-state index contributed by atoms with van der Waals surface area (Å²) in [6, 6.07) is 2.72. The molecule has 0 spiro atoms. The van der Waals surface area contributed by atoms with Crippen molar-refractivity contribution >= 4 is 53.2 Å². The molecule has 0 unspecified atom stereocenters. The predicted molar refractivity (Wildman–Crippen MR) is 85.6 cm³/mol. The van der Waals surface area contributed by atoms with E-state index in [9.17, 15) is 13.2 Å². The Balaban J connectivity index is 3.13. The standard InChI is InChI=1S/C12H14BrCl2NO4S/c1-16(4-3-5-20-2)12(17)9-6-8(13)7-10(11(9)14)21(15,18)19/h6-7H,3-5H2,1-2H3. The van der Waals surface area contributed by atoms with Gasteiger partial charge in [0.05, 0.1) is 10.6 Å². The van der Waals surface area contributed by atoms with Crippen molar-refractivity contribution in [2.75, 3.05) is 27.3 Å². The lowest BCUT2D eigenvalue weighted by Crippen LogP contribution is -2.28. The van der Waals surface area contributed by atoms with E-state index in [1.807, 2.05) is 0 Å². The van der Waals surface area contributed by atoms with Gasteiger partial charge >= 0.3 is 0 Å². The average Bonchev–Trinajstić information content (AvgIpc) is 2.39. The summed E-state index contributed by atoms with van der Waals surface area (Å²) in [6.45, 7) is 0.976. The van der Waals surface area contributed by atoms with E-state index in [0.717, 1.165) is 0 Å². The molecule has 118 valence electrons. The molecule has 1 rings (SSSR count). The minimum Gasteiger partial charge on any atom is -0.385 e. The van der Waals surface area contributed by atoms with E-state index in [1.54, 1.807) is 14.2 Å². The zero-order valence-corrected chi connectivity index (χ0v) is 15.3. The van der Waals surface area contributed by atoms with Gasteiger partial charge in [-0.05, 0) is 18.6 Å². The SMILES string of the molecule is COCCCN(C)C(=O)c1cc(Br)cc(S(=O)(=O)Cl)c1Cl. The maximum atomic E-state index is 12.3. The van der Waals surface area contributed by atoms with Crippen molar-refractivity contribution in [3.63, 3.8) is 0 Å². The molecule has 5 nitrogen and oxygen atoms in total. The van der Waals surface area contributed by atoms with Crippen LogP contribution in [-0.4, -0.2) is 46.5 Å². The Morgan fingerprint density at radius 2 is 2.05 bits per heavy atom. The maximum Gasteiger partial charge on any atom is 0.262 e. The third kappa shape index (κ3) is 5.10. The zero-order valence-electron chi connectivity index (χ0n) is 11.4. The quantitative estimate of drug-likeness (QED) is 0.525. The number of halogens is 3. The number of methoxy groups -OCH3 is 1. The van der Waals surface area contributed by atoms with Gasteiger partial charge in [0, 0.05) is 42.5 Å². The van der Waals surface area contributed by atoms with Crippen molar-refractivity contribution in [2.24, 2.45) is 0 Å². The number of rotatable bonds is 6. The van der Waals surface area contributed by atoms with Crippen LogP contribution >= 0.6 is 38.2 Å². The number of ether oxygens (including phenoxy) is 1. The molecule has 9 heteroatoms. The second-order valence-corrected chi connectivity index (χ2v) is 8.10. The van der Waals surface area contributed by atoms with E-state index in [0.29, 0.717) is 24.0 Å². The van der Waals surface area contributed by atoms with Gasteiger partial charge in [0.1, 0.15) is 4.90 Å². The fraction of sp³-hybridized carbons (Fsp3) is 0.417. The van der Waals surface area contributed by atoms with Gasteiger partial charge in [-0.25, -0.2) is 8.42 Å². The number of benzene rings is 1. The Morgan fingerprint density at radius 3 is 2.57 bits per heavy atom. The summed E-state index contributed by atoms with van der Waals surface area (Å²) in [6.07, 6.45) is 0.658. The first-order valence-corrected chi connectivity index (χ1v) is 9.34. The molecule has 0 aliphatic heterocycles. The number of nitrogens with zero attached hydrogens (tertiary/aromatic N) is 1. The fourth-order valence-electron chi connectivity index (χ4n) is 1.65. The van der Waals surface area contributed by atoms with E-state index >= 15 is 0 Å². The van der Waals surface area contributed by atoms with Gasteiger partial charge in [0.2, 0.25) is 0 Å². The lowest BCUT2D eigenvalue weighted by molar-refractivity contribution is 0.0779. The predicted octanol–water partition coefficient (Wildman–Crippen LogP) is 3.14. The van der Waals surface area contributed by atoms with Crippen molar-refractivity contribution in [3.8, 4) is 0 Å². The molecule has 0 aromatic heterocycles. The number of amides is 1. The molecule has 0 aliphatic carbocycles. The van der Waals surface area contributed by atoms with Gasteiger partial charge in [-0.1, -0.05) is 27.5 Å². The largest absolute Gasteiger partial charge is 0.385 e. The molecule has 0 radical (unpaired) electrons. The van der Waals surface area contributed by atoms with Crippen LogP contribution in [0.4, 0.5) is 0 Å². The second kappa shape index (κ2) is 7.78. The highest BCUT2D eigenvalue weighted by atomic mass is 79.9. The van der Waals surface area contributed by atoms with Crippen molar-refractivity contribution in [1.82, 2.24) is 4.90 Å². The highest BCUT2D eigenvalue weighted by molar-refractivity contribution is 9.10. The monoisotopic (exact) mass is 417 g/mol. The van der Waals surface area contributed by atoms with Crippen LogP contribution in [0, 0.1) is 0 Å². The molecule has 1 aromatic rings. The van der Waals surface area contributed by atoms with Gasteiger partial charge < -0.3 is 9.64 Å².